The van der Waals surface area contributed by atoms with Gasteiger partial charge in [0, 0.05) is 27.4 Å². The molecule has 14 nitrogen and oxygen atoms in total. The molecule has 0 amide bonds. The molecule has 0 aliphatic carbocycles. The minimum Gasteiger partial charge on any atom is -0.465 e. The molecule has 0 spiro atoms. The highest BCUT2D eigenvalue weighted by Crippen LogP contribution is 2.33. The van der Waals surface area contributed by atoms with E-state index in [1.54, 1.807) is 20.4 Å². The highest BCUT2D eigenvalue weighted by atomic mass is 79.9. The van der Waals surface area contributed by atoms with Crippen molar-refractivity contribution in [3.8, 4) is 0 Å². The van der Waals surface area contributed by atoms with Crippen molar-refractivity contribution in [2.45, 2.75) is 132 Å². The van der Waals surface area contributed by atoms with Crippen LogP contribution >= 0.6 is 31.9 Å². The van der Waals surface area contributed by atoms with Crippen LogP contribution < -0.4 is 0 Å². The number of esters is 4. The van der Waals surface area contributed by atoms with Gasteiger partial charge in [0.1, 0.15) is 20.5 Å². The molecular weight excluding hydrogens is 944 g/mol. The Hall–Kier alpha value is -2.33. The summed E-state index contributed by atoms with van der Waals surface area (Å²) in [6.07, 6.45) is 6.42. The summed E-state index contributed by atoms with van der Waals surface area (Å²) >= 11 is 7.05. The zero-order chi connectivity index (χ0) is 44.5. The smallest absolute Gasteiger partial charge is 0.465 e. The SMILES string of the molecule is CCCCOC(=O)C(CCc1ccc(CCC(CC(C)(Br)C(=O)OCCC[Si](OC)(OC)OC)C(=O)OCCCC)cc1)CC(C)(Br)C(=O)OCCC[Si](C)(C=O)C=O.O. The van der Waals surface area contributed by atoms with Gasteiger partial charge >= 0.3 is 32.7 Å². The predicted octanol–water partition coefficient (Wildman–Crippen LogP) is 7.10. The van der Waals surface area contributed by atoms with Crippen LogP contribution in [-0.2, 0) is 73.8 Å². The first-order chi connectivity index (χ1) is 27.9. The number of carbonyl (C=O) groups is 6. The maximum atomic E-state index is 13.3. The molecule has 0 saturated heterocycles. The monoisotopic (exact) mass is 1010 g/mol. The molecule has 0 aliphatic rings. The fraction of sp³-hybridized carbons (Fsp3) is 0.714. The van der Waals surface area contributed by atoms with Gasteiger partial charge in [-0.05, 0) is 95.2 Å². The van der Waals surface area contributed by atoms with E-state index in [0.29, 0.717) is 63.8 Å². The number of benzene rings is 1. The third-order valence-electron chi connectivity index (χ3n) is 10.3. The molecule has 4 unspecified atom stereocenters. The molecule has 60 heavy (non-hydrogen) atoms. The molecule has 4 atom stereocenters. The van der Waals surface area contributed by atoms with Gasteiger partial charge in [-0.2, -0.15) is 0 Å². The maximum Gasteiger partial charge on any atom is 0.500 e. The molecule has 0 bridgehead atoms. The van der Waals surface area contributed by atoms with Gasteiger partial charge in [0.2, 0.25) is 0 Å². The van der Waals surface area contributed by atoms with Gasteiger partial charge < -0.3 is 47.3 Å². The van der Waals surface area contributed by atoms with E-state index in [1.807, 2.05) is 38.1 Å². The molecule has 1 aromatic carbocycles. The summed E-state index contributed by atoms with van der Waals surface area (Å²) < 4.78 is 36.3. The Bertz CT molecular complexity index is 1420. The Balaban J connectivity index is 0.0000348. The zero-order valence-corrected chi connectivity index (χ0v) is 42.1. The van der Waals surface area contributed by atoms with Gasteiger partial charge in [-0.15, -0.1) is 0 Å². The summed E-state index contributed by atoms with van der Waals surface area (Å²) in [4.78, 5) is 75.4. The second-order valence-corrected chi connectivity index (χ2v) is 26.2. The van der Waals surface area contributed by atoms with Crippen LogP contribution in [0.1, 0.15) is 103 Å². The van der Waals surface area contributed by atoms with E-state index < -0.39 is 49.3 Å². The second kappa shape index (κ2) is 29.9. The van der Waals surface area contributed by atoms with Crippen molar-refractivity contribution in [1.82, 2.24) is 0 Å². The van der Waals surface area contributed by atoms with Crippen LogP contribution in [0.3, 0.4) is 0 Å². The molecule has 0 saturated carbocycles. The molecule has 18 heteroatoms. The van der Waals surface area contributed by atoms with Crippen molar-refractivity contribution in [2.75, 3.05) is 47.8 Å². The Kier molecular flexibility index (Phi) is 28.7. The highest BCUT2D eigenvalue weighted by Gasteiger charge is 2.40. The normalized spacial score (nSPS) is 14.6. The molecule has 344 valence electrons. The van der Waals surface area contributed by atoms with E-state index in [2.05, 4.69) is 31.9 Å². The number of carbonyl (C=O) groups excluding carboxylic acids is 6. The Morgan fingerprint density at radius 1 is 0.633 bits per heavy atom. The molecule has 1 aromatic rings. The van der Waals surface area contributed by atoms with E-state index in [4.69, 9.17) is 32.2 Å². The molecule has 0 fully saturated rings. The third kappa shape index (κ3) is 21.2. The van der Waals surface area contributed by atoms with Gasteiger partial charge in [0.05, 0.1) is 38.3 Å². The van der Waals surface area contributed by atoms with Gasteiger partial charge in [-0.25, -0.2) is 0 Å². The van der Waals surface area contributed by atoms with Gasteiger partial charge in [0.25, 0.3) is 0 Å². The van der Waals surface area contributed by atoms with E-state index in [-0.39, 0.29) is 43.5 Å². The quantitative estimate of drug-likeness (QED) is 0.0173. The van der Waals surface area contributed by atoms with Crippen LogP contribution in [0.2, 0.25) is 18.6 Å². The van der Waals surface area contributed by atoms with E-state index in [1.165, 1.54) is 21.3 Å². The first kappa shape index (κ1) is 57.7. The number of aryl methyl sites for hydroxylation is 2. The number of unbranched alkanes of at least 4 members (excludes halogenated alkanes) is 2. The summed E-state index contributed by atoms with van der Waals surface area (Å²) in [5.41, 5.74) is 1.99. The van der Waals surface area contributed by atoms with Crippen LogP contribution in [0.5, 0.6) is 0 Å². The first-order valence-corrected chi connectivity index (χ1v) is 27.0. The molecule has 2 N–H and O–H groups in total. The summed E-state index contributed by atoms with van der Waals surface area (Å²) in [6, 6.07) is 8.82. The van der Waals surface area contributed by atoms with Gasteiger partial charge in [-0.3, -0.25) is 19.2 Å². The summed E-state index contributed by atoms with van der Waals surface area (Å²) in [5, 5.41) is 0. The molecule has 0 aromatic heterocycles. The van der Waals surface area contributed by atoms with Crippen molar-refractivity contribution in [3.05, 3.63) is 35.4 Å². The lowest BCUT2D eigenvalue weighted by Gasteiger charge is -2.26. The number of hydrogen-bond acceptors (Lipinski definition) is 13. The Morgan fingerprint density at radius 2 is 0.983 bits per heavy atom. The minimum absolute atomic E-state index is 0. The third-order valence-corrected chi connectivity index (χ3v) is 16.9. The zero-order valence-electron chi connectivity index (χ0n) is 36.9. The molecule has 0 radical (unpaired) electrons. The number of ether oxygens (including phenoxy) is 4. The fourth-order valence-corrected chi connectivity index (χ4v) is 10.1. The van der Waals surface area contributed by atoms with Crippen molar-refractivity contribution < 1.29 is 66.5 Å². The van der Waals surface area contributed by atoms with Crippen LogP contribution in [-0.4, -0.2) is 114 Å². The summed E-state index contributed by atoms with van der Waals surface area (Å²) in [7, 11) is -0.838. The van der Waals surface area contributed by atoms with E-state index >= 15 is 0 Å². The topological polar surface area (TPSA) is 199 Å². The van der Waals surface area contributed by atoms with Gasteiger partial charge in [-0.1, -0.05) is 89.4 Å². The highest BCUT2D eigenvalue weighted by molar-refractivity contribution is 9.10. The van der Waals surface area contributed by atoms with Crippen LogP contribution in [0.25, 0.3) is 0 Å². The van der Waals surface area contributed by atoms with Crippen molar-refractivity contribution in [2.24, 2.45) is 11.8 Å². The molecular formula is C42H70Br2O14Si2. The predicted molar refractivity (Wildman–Crippen MR) is 242 cm³/mol. The van der Waals surface area contributed by atoms with Crippen molar-refractivity contribution >= 4 is 84.4 Å². The van der Waals surface area contributed by atoms with Crippen LogP contribution in [0.15, 0.2) is 24.3 Å². The lowest BCUT2D eigenvalue weighted by Crippen LogP contribution is -2.43. The Labute approximate surface area is 376 Å². The largest absolute Gasteiger partial charge is 0.500 e. The number of rotatable bonds is 33. The standard InChI is InChI=1S/C42H68Br2O13Si2.H2O/c1-9-11-23-54-37(47)35(29-41(3,43)39(49)56-25-13-27-58(8,31-45)32-46)21-19-33-15-17-34(18-16-33)20-22-36(38(48)55-24-12-10-2)30-42(4,44)40(50)57-26-14-28-59(51-5,52-6)53-7;/h15-18,31-32,35-36H,9-14,19-30H2,1-8H3;1H2. The number of hydrogen-bond donors (Lipinski definition) is 0. The first-order valence-electron chi connectivity index (χ1n) is 20.6. The average molecular weight is 1010 g/mol. The van der Waals surface area contributed by atoms with Gasteiger partial charge in [0.15, 0.2) is 8.07 Å². The maximum absolute atomic E-state index is 13.3. The van der Waals surface area contributed by atoms with Crippen molar-refractivity contribution in [1.29, 1.82) is 0 Å². The average Bonchev–Trinajstić information content (AvgIpc) is 3.22. The summed E-state index contributed by atoms with van der Waals surface area (Å²) in [6.45, 7) is 9.87. The van der Waals surface area contributed by atoms with Crippen LogP contribution in [0, 0.1) is 11.8 Å². The minimum atomic E-state index is -2.80. The Morgan fingerprint density at radius 3 is 1.32 bits per heavy atom. The number of alkyl halides is 2. The van der Waals surface area contributed by atoms with Crippen LogP contribution in [0.4, 0.5) is 0 Å². The fourth-order valence-electron chi connectivity index (χ4n) is 6.20. The molecule has 0 heterocycles. The second-order valence-electron chi connectivity index (χ2n) is 15.6. The number of halogens is 2. The molecule has 1 rings (SSSR count). The van der Waals surface area contributed by atoms with Crippen molar-refractivity contribution in [3.63, 3.8) is 0 Å². The summed E-state index contributed by atoms with van der Waals surface area (Å²) in [5.74, 6) is -1.44. The lowest BCUT2D eigenvalue weighted by atomic mass is 9.89. The lowest BCUT2D eigenvalue weighted by molar-refractivity contribution is -0.153. The van der Waals surface area contributed by atoms with E-state index in [0.717, 1.165) is 48.6 Å². The van der Waals surface area contributed by atoms with E-state index in [9.17, 15) is 28.8 Å². The molecule has 0 aliphatic heterocycles.